The third kappa shape index (κ3) is 5.03. The van der Waals surface area contributed by atoms with Crippen molar-refractivity contribution in [3.63, 3.8) is 0 Å². The molecule has 0 aliphatic rings. The third-order valence-corrected chi connectivity index (χ3v) is 5.01. The largest absolute Gasteiger partial charge is 0.480 e. The minimum Gasteiger partial charge on any atom is -0.480 e. The van der Waals surface area contributed by atoms with Crippen molar-refractivity contribution in [2.45, 2.75) is 38.8 Å². The van der Waals surface area contributed by atoms with Gasteiger partial charge in [0.05, 0.1) is 10.9 Å². The molecule has 1 aromatic carbocycles. The Morgan fingerprint density at radius 2 is 1.93 bits per heavy atom. The number of hydrogen-bond donors (Lipinski definition) is 3. The molecule has 0 unspecified atom stereocenters. The molecule has 152 valence electrons. The van der Waals surface area contributed by atoms with Crippen molar-refractivity contribution < 1.29 is 14.7 Å². The molecule has 2 rings (SSSR count). The molecule has 0 radical (unpaired) electrons. The molecule has 0 saturated carbocycles. The van der Waals surface area contributed by atoms with Gasteiger partial charge >= 0.3 is 11.7 Å². The zero-order valence-electron chi connectivity index (χ0n) is 16.1. The first-order valence-corrected chi connectivity index (χ1v) is 10.4. The molecule has 0 aliphatic heterocycles. The molecular weight excluding hydrogens is 382 g/mol. The Labute approximate surface area is 166 Å². The zero-order chi connectivity index (χ0) is 20.8. The molecule has 0 spiro atoms. The number of carbonyl (C=O) groups excluding carboxylic acids is 1. The number of H-pyrrole nitrogens is 1. The van der Waals surface area contributed by atoms with Crippen LogP contribution in [-0.4, -0.2) is 44.6 Å². The summed E-state index contributed by atoms with van der Waals surface area (Å²) in [6.45, 7) is 3.73. The van der Waals surface area contributed by atoms with Gasteiger partial charge in [-0.05, 0) is 42.9 Å². The van der Waals surface area contributed by atoms with Crippen LogP contribution in [0.3, 0.4) is 0 Å². The lowest BCUT2D eigenvalue weighted by Gasteiger charge is -2.23. The highest BCUT2D eigenvalue weighted by atomic mass is 32.2. The highest BCUT2D eigenvalue weighted by molar-refractivity contribution is 7.98. The van der Waals surface area contributed by atoms with Gasteiger partial charge in [-0.3, -0.25) is 9.59 Å². The van der Waals surface area contributed by atoms with Crippen molar-refractivity contribution in [1.29, 1.82) is 0 Å². The van der Waals surface area contributed by atoms with Crippen LogP contribution in [0.15, 0.2) is 33.9 Å². The van der Waals surface area contributed by atoms with Gasteiger partial charge < -0.3 is 15.4 Å². The smallest absolute Gasteiger partial charge is 0.329 e. The van der Waals surface area contributed by atoms with Crippen LogP contribution in [0.1, 0.15) is 32.7 Å². The second-order valence-corrected chi connectivity index (χ2v) is 7.96. The lowest BCUT2D eigenvalue weighted by Crippen LogP contribution is -2.49. The summed E-state index contributed by atoms with van der Waals surface area (Å²) in [5, 5.41) is 12.2. The number of carbonyl (C=O) groups is 2. The van der Waals surface area contributed by atoms with E-state index in [1.165, 1.54) is 11.8 Å². The summed E-state index contributed by atoms with van der Waals surface area (Å²) in [7, 11) is 0. The second-order valence-electron chi connectivity index (χ2n) is 6.98. The monoisotopic (exact) mass is 407 g/mol. The van der Waals surface area contributed by atoms with Gasteiger partial charge in [0.15, 0.2) is 0 Å². The van der Waals surface area contributed by atoms with E-state index in [2.05, 4.69) is 10.3 Å². The van der Waals surface area contributed by atoms with Gasteiger partial charge in [-0.1, -0.05) is 26.0 Å². The number of carboxylic acid groups (broad SMARTS) is 1. The molecule has 0 bridgehead atoms. The van der Waals surface area contributed by atoms with E-state index in [-0.39, 0.29) is 18.8 Å². The summed E-state index contributed by atoms with van der Waals surface area (Å²) < 4.78 is 0.894. The van der Waals surface area contributed by atoms with Gasteiger partial charge in [0.25, 0.3) is 5.56 Å². The second kappa shape index (κ2) is 9.59. The topological polar surface area (TPSA) is 121 Å². The van der Waals surface area contributed by atoms with Crippen LogP contribution >= 0.6 is 11.8 Å². The van der Waals surface area contributed by atoms with Crippen molar-refractivity contribution in [2.24, 2.45) is 5.92 Å². The van der Waals surface area contributed by atoms with E-state index in [9.17, 15) is 24.3 Å². The van der Waals surface area contributed by atoms with Gasteiger partial charge in [-0.25, -0.2) is 14.2 Å². The Balaban J connectivity index is 2.48. The maximum absolute atomic E-state index is 12.9. The average Bonchev–Trinajstić information content (AvgIpc) is 2.63. The molecule has 2 aromatic rings. The molecule has 3 N–H and O–H groups in total. The van der Waals surface area contributed by atoms with E-state index in [1.807, 2.05) is 20.1 Å². The molecule has 2 atom stereocenters. The number of para-hydroxylation sites is 1. The molecule has 9 heteroatoms. The highest BCUT2D eigenvalue weighted by Gasteiger charge is 2.29. The molecule has 0 saturated heterocycles. The summed E-state index contributed by atoms with van der Waals surface area (Å²) in [6.07, 6.45) is 2.32. The third-order valence-electron chi connectivity index (χ3n) is 4.37. The molecular formula is C19H25N3O5S. The van der Waals surface area contributed by atoms with Crippen LogP contribution in [0, 0.1) is 5.92 Å². The summed E-state index contributed by atoms with van der Waals surface area (Å²) in [6, 6.07) is 4.38. The number of nitrogens with zero attached hydrogens (tertiary/aromatic N) is 1. The Morgan fingerprint density at radius 1 is 1.25 bits per heavy atom. The van der Waals surface area contributed by atoms with Crippen molar-refractivity contribution in [3.05, 3.63) is 45.1 Å². The zero-order valence-corrected chi connectivity index (χ0v) is 16.9. The molecule has 1 aromatic heterocycles. The van der Waals surface area contributed by atoms with Crippen LogP contribution < -0.4 is 16.6 Å². The lowest BCUT2D eigenvalue weighted by molar-refractivity contribution is -0.142. The Kier molecular flexibility index (Phi) is 7.45. The van der Waals surface area contributed by atoms with Crippen molar-refractivity contribution >= 4 is 34.5 Å². The number of thioether (sulfide) groups is 1. The van der Waals surface area contributed by atoms with E-state index in [1.54, 1.807) is 24.3 Å². The number of nitrogens with one attached hydrogen (secondary N) is 2. The molecule has 0 fully saturated rings. The van der Waals surface area contributed by atoms with E-state index in [4.69, 9.17) is 0 Å². The predicted molar refractivity (Wildman–Crippen MR) is 110 cm³/mol. The fourth-order valence-electron chi connectivity index (χ4n) is 3.00. The number of aliphatic carboxylic acids is 1. The predicted octanol–water partition coefficient (Wildman–Crippen LogP) is 1.60. The Hall–Kier alpha value is -2.55. The molecule has 0 aliphatic carbocycles. The van der Waals surface area contributed by atoms with E-state index in [0.717, 1.165) is 4.57 Å². The number of benzene rings is 1. The van der Waals surface area contributed by atoms with Gasteiger partial charge in [-0.2, -0.15) is 11.8 Å². The SMILES string of the molecule is CSCC[C@@H](NC(=O)[C@H](CC(C)C)n1c(=O)[nH]c2ccccc2c1=O)C(=O)O. The van der Waals surface area contributed by atoms with Gasteiger partial charge in [0.1, 0.15) is 12.1 Å². The van der Waals surface area contributed by atoms with E-state index >= 15 is 0 Å². The number of aromatic amines is 1. The summed E-state index contributed by atoms with van der Waals surface area (Å²) in [5.74, 6) is -1.23. The highest BCUT2D eigenvalue weighted by Crippen LogP contribution is 2.17. The first kappa shape index (κ1) is 21.7. The lowest BCUT2D eigenvalue weighted by atomic mass is 10.0. The number of rotatable bonds is 9. The Bertz CT molecular complexity index is 966. The first-order chi connectivity index (χ1) is 13.3. The maximum Gasteiger partial charge on any atom is 0.329 e. The average molecular weight is 407 g/mol. The van der Waals surface area contributed by atoms with Gasteiger partial charge in [-0.15, -0.1) is 0 Å². The van der Waals surface area contributed by atoms with Crippen molar-refractivity contribution in [2.75, 3.05) is 12.0 Å². The quantitative estimate of drug-likeness (QED) is 0.580. The van der Waals surface area contributed by atoms with Crippen molar-refractivity contribution in [3.8, 4) is 0 Å². The fourth-order valence-corrected chi connectivity index (χ4v) is 3.47. The number of fused-ring (bicyclic) bond motifs is 1. The maximum atomic E-state index is 12.9. The number of hydrogen-bond acceptors (Lipinski definition) is 5. The summed E-state index contributed by atoms with van der Waals surface area (Å²) in [5.41, 5.74) is -0.877. The molecule has 1 heterocycles. The molecule has 1 amide bonds. The number of carboxylic acids is 1. The van der Waals surface area contributed by atoms with Gasteiger partial charge in [0.2, 0.25) is 5.91 Å². The van der Waals surface area contributed by atoms with Gasteiger partial charge in [0, 0.05) is 0 Å². The Morgan fingerprint density at radius 3 is 2.54 bits per heavy atom. The minimum atomic E-state index is -1.15. The summed E-state index contributed by atoms with van der Waals surface area (Å²) in [4.78, 5) is 52.5. The number of aromatic nitrogens is 2. The van der Waals surface area contributed by atoms with Crippen LogP contribution in [0.4, 0.5) is 0 Å². The number of amides is 1. The van der Waals surface area contributed by atoms with Crippen LogP contribution in [-0.2, 0) is 9.59 Å². The van der Waals surface area contributed by atoms with Crippen LogP contribution in [0.2, 0.25) is 0 Å². The minimum absolute atomic E-state index is 0.00277. The van der Waals surface area contributed by atoms with E-state index < -0.39 is 35.2 Å². The molecule has 8 nitrogen and oxygen atoms in total. The van der Waals surface area contributed by atoms with Crippen LogP contribution in [0.25, 0.3) is 10.9 Å². The normalized spacial score (nSPS) is 13.4. The van der Waals surface area contributed by atoms with E-state index in [0.29, 0.717) is 16.7 Å². The molecule has 28 heavy (non-hydrogen) atoms. The standard InChI is InChI=1S/C19H25N3O5S/c1-11(2)10-15(16(23)20-14(18(25)26)8-9-28-3)22-17(24)12-6-4-5-7-13(12)21-19(22)27/h4-7,11,14-15H,8-10H2,1-3H3,(H,20,23)(H,21,27)(H,25,26)/t14-,15+/m1/s1. The first-order valence-electron chi connectivity index (χ1n) is 9.02. The van der Waals surface area contributed by atoms with Crippen molar-refractivity contribution in [1.82, 2.24) is 14.9 Å². The summed E-state index contributed by atoms with van der Waals surface area (Å²) >= 11 is 1.47. The fraction of sp³-hybridized carbons (Fsp3) is 0.474. The van der Waals surface area contributed by atoms with Crippen LogP contribution in [0.5, 0.6) is 0 Å².